The number of benzene rings is 1. The molecule has 1 saturated heterocycles. The average molecular weight is 438 g/mol. The van der Waals surface area contributed by atoms with E-state index in [-0.39, 0.29) is 54.4 Å². The van der Waals surface area contributed by atoms with E-state index < -0.39 is 0 Å². The topological polar surface area (TPSA) is 66.5 Å². The van der Waals surface area contributed by atoms with Crippen LogP contribution in [0.4, 0.5) is 5.69 Å². The van der Waals surface area contributed by atoms with Crippen molar-refractivity contribution in [1.82, 2.24) is 4.90 Å². The molecule has 1 saturated carbocycles. The molecular weight excluding hydrogens is 420 g/mol. The van der Waals surface area contributed by atoms with Gasteiger partial charge in [-0.2, -0.15) is 0 Å². The van der Waals surface area contributed by atoms with Gasteiger partial charge in [-0.3, -0.25) is 19.3 Å². The molecule has 4 atom stereocenters. The first-order chi connectivity index (χ1) is 12.4. The van der Waals surface area contributed by atoms with E-state index in [0.29, 0.717) is 10.7 Å². The second kappa shape index (κ2) is 6.50. The van der Waals surface area contributed by atoms with Crippen LogP contribution in [-0.4, -0.2) is 29.2 Å². The van der Waals surface area contributed by atoms with Crippen molar-refractivity contribution in [3.05, 3.63) is 39.3 Å². The number of imide groups is 1. The minimum Gasteiger partial charge on any atom is -0.326 e. The molecular formula is C19H18BrClN2O3. The number of aryl methyl sites for hydroxylation is 1. The van der Waals surface area contributed by atoms with Crippen LogP contribution < -0.4 is 5.32 Å². The summed E-state index contributed by atoms with van der Waals surface area (Å²) in [6, 6.07) is 3.51. The fourth-order valence-corrected chi connectivity index (χ4v) is 5.01. The standard InChI is InChI=1S/C19H18BrClN2O3/c1-9-6-12(20)13(21)8-14(9)22-15(24)4-5-23-18(25)16-10-2-3-11(7-10)17(16)19(23)26/h2-3,6,8,10-11,16-17H,4-5,7H2,1H3,(H,22,24)/t10-,11-,16-,17+/m0/s1. The molecule has 7 heteroatoms. The van der Waals surface area contributed by atoms with Gasteiger partial charge in [-0.1, -0.05) is 23.8 Å². The summed E-state index contributed by atoms with van der Waals surface area (Å²) in [5.74, 6) is -0.535. The number of nitrogens with one attached hydrogen (secondary N) is 1. The van der Waals surface area contributed by atoms with Gasteiger partial charge in [-0.25, -0.2) is 0 Å². The highest BCUT2D eigenvalue weighted by Gasteiger charge is 2.58. The molecule has 2 aliphatic carbocycles. The van der Waals surface area contributed by atoms with Gasteiger partial charge in [0.2, 0.25) is 17.7 Å². The van der Waals surface area contributed by atoms with E-state index in [0.717, 1.165) is 16.5 Å². The Morgan fingerprint density at radius 2 is 1.85 bits per heavy atom. The molecule has 0 radical (unpaired) electrons. The summed E-state index contributed by atoms with van der Waals surface area (Å²) in [6.45, 7) is 1.99. The maximum Gasteiger partial charge on any atom is 0.233 e. The predicted molar refractivity (Wildman–Crippen MR) is 102 cm³/mol. The molecule has 2 bridgehead atoms. The first kappa shape index (κ1) is 17.7. The number of amides is 3. The molecule has 2 fully saturated rings. The lowest BCUT2D eigenvalue weighted by atomic mass is 9.85. The van der Waals surface area contributed by atoms with Crippen molar-refractivity contribution in [2.45, 2.75) is 19.8 Å². The van der Waals surface area contributed by atoms with Crippen LogP contribution in [0.1, 0.15) is 18.4 Å². The van der Waals surface area contributed by atoms with E-state index in [1.54, 1.807) is 6.07 Å². The smallest absolute Gasteiger partial charge is 0.233 e. The van der Waals surface area contributed by atoms with Gasteiger partial charge >= 0.3 is 0 Å². The van der Waals surface area contributed by atoms with Crippen LogP contribution in [0, 0.1) is 30.6 Å². The zero-order valence-electron chi connectivity index (χ0n) is 14.2. The molecule has 0 aromatic heterocycles. The predicted octanol–water partition coefficient (Wildman–Crippen LogP) is 3.55. The zero-order chi connectivity index (χ0) is 18.6. The minimum absolute atomic E-state index is 0.0762. The Morgan fingerprint density at radius 1 is 1.23 bits per heavy atom. The molecule has 5 nitrogen and oxygen atoms in total. The Balaban J connectivity index is 1.39. The lowest BCUT2D eigenvalue weighted by Gasteiger charge is -2.17. The Hall–Kier alpha value is -1.66. The van der Waals surface area contributed by atoms with Gasteiger partial charge in [0, 0.05) is 23.1 Å². The summed E-state index contributed by atoms with van der Waals surface area (Å²) in [7, 11) is 0. The molecule has 0 spiro atoms. The number of anilines is 1. The fraction of sp³-hybridized carbons (Fsp3) is 0.421. The summed E-state index contributed by atoms with van der Waals surface area (Å²) in [4.78, 5) is 38.8. The fourth-order valence-electron chi connectivity index (χ4n) is 4.39. The van der Waals surface area contributed by atoms with Gasteiger partial charge in [0.25, 0.3) is 0 Å². The van der Waals surface area contributed by atoms with Gasteiger partial charge in [-0.05, 0) is 58.8 Å². The van der Waals surface area contributed by atoms with Crippen molar-refractivity contribution in [2.24, 2.45) is 23.7 Å². The summed E-state index contributed by atoms with van der Waals surface area (Å²) >= 11 is 9.42. The van der Waals surface area contributed by atoms with Crippen LogP contribution in [-0.2, 0) is 14.4 Å². The zero-order valence-corrected chi connectivity index (χ0v) is 16.5. The molecule has 26 heavy (non-hydrogen) atoms. The van der Waals surface area contributed by atoms with Crippen LogP contribution in [0.15, 0.2) is 28.8 Å². The largest absolute Gasteiger partial charge is 0.326 e. The van der Waals surface area contributed by atoms with E-state index in [1.165, 1.54) is 4.90 Å². The van der Waals surface area contributed by atoms with Gasteiger partial charge in [0.15, 0.2) is 0 Å². The number of hydrogen-bond acceptors (Lipinski definition) is 3. The Morgan fingerprint density at radius 3 is 2.46 bits per heavy atom. The van der Waals surface area contributed by atoms with Crippen LogP contribution in [0.3, 0.4) is 0 Å². The molecule has 1 aliphatic heterocycles. The van der Waals surface area contributed by atoms with Gasteiger partial charge in [0.1, 0.15) is 0 Å². The molecule has 4 rings (SSSR count). The van der Waals surface area contributed by atoms with Crippen molar-refractivity contribution in [1.29, 1.82) is 0 Å². The SMILES string of the molecule is Cc1cc(Br)c(Cl)cc1NC(=O)CCN1C(=O)[C@@H]2[C@H](C1=O)[C@H]1C=C[C@H]2C1. The average Bonchev–Trinajstić information content (AvgIpc) is 3.26. The molecule has 3 aliphatic rings. The first-order valence-electron chi connectivity index (χ1n) is 8.66. The number of hydrogen-bond donors (Lipinski definition) is 1. The maximum absolute atomic E-state index is 12.6. The number of allylic oxidation sites excluding steroid dienone is 2. The van der Waals surface area contributed by atoms with Gasteiger partial charge in [-0.15, -0.1) is 0 Å². The third kappa shape index (κ3) is 2.79. The van der Waals surface area contributed by atoms with E-state index in [1.807, 2.05) is 13.0 Å². The highest BCUT2D eigenvalue weighted by molar-refractivity contribution is 9.10. The minimum atomic E-state index is -0.245. The van der Waals surface area contributed by atoms with Crippen LogP contribution in [0.2, 0.25) is 5.02 Å². The quantitative estimate of drug-likeness (QED) is 0.579. The number of carbonyl (C=O) groups is 3. The normalized spacial score (nSPS) is 28.8. The second-order valence-electron chi connectivity index (χ2n) is 7.21. The third-order valence-corrected chi connectivity index (χ3v) is 6.86. The van der Waals surface area contributed by atoms with Crippen molar-refractivity contribution < 1.29 is 14.4 Å². The van der Waals surface area contributed by atoms with Crippen molar-refractivity contribution in [3.8, 4) is 0 Å². The molecule has 0 unspecified atom stereocenters. The first-order valence-corrected chi connectivity index (χ1v) is 9.83. The summed E-state index contributed by atoms with van der Waals surface area (Å²) < 4.78 is 0.762. The van der Waals surface area contributed by atoms with E-state index in [9.17, 15) is 14.4 Å². The number of nitrogens with zero attached hydrogens (tertiary/aromatic N) is 1. The molecule has 1 N–H and O–H groups in total. The maximum atomic E-state index is 12.6. The second-order valence-corrected chi connectivity index (χ2v) is 8.47. The highest BCUT2D eigenvalue weighted by atomic mass is 79.9. The van der Waals surface area contributed by atoms with Gasteiger partial charge < -0.3 is 5.32 Å². The molecule has 3 amide bonds. The van der Waals surface area contributed by atoms with Crippen LogP contribution in [0.5, 0.6) is 0 Å². The number of likely N-dealkylation sites (tertiary alicyclic amines) is 1. The molecule has 1 aromatic carbocycles. The van der Waals surface area contributed by atoms with E-state index >= 15 is 0 Å². The lowest BCUT2D eigenvalue weighted by Crippen LogP contribution is -2.35. The monoisotopic (exact) mass is 436 g/mol. The number of fused-ring (bicyclic) bond motifs is 5. The summed E-state index contributed by atoms with van der Waals surface area (Å²) in [5, 5.41) is 3.31. The molecule has 136 valence electrons. The Bertz CT molecular complexity index is 823. The van der Waals surface area contributed by atoms with Crippen molar-refractivity contribution >= 4 is 50.9 Å². The van der Waals surface area contributed by atoms with E-state index in [4.69, 9.17) is 11.6 Å². The van der Waals surface area contributed by atoms with E-state index in [2.05, 4.69) is 33.4 Å². The summed E-state index contributed by atoms with van der Waals surface area (Å²) in [6.07, 6.45) is 5.11. The number of halogens is 2. The highest BCUT2D eigenvalue weighted by Crippen LogP contribution is 2.52. The van der Waals surface area contributed by atoms with Crippen molar-refractivity contribution in [2.75, 3.05) is 11.9 Å². The van der Waals surface area contributed by atoms with Gasteiger partial charge in [0.05, 0.1) is 16.9 Å². The lowest BCUT2D eigenvalue weighted by molar-refractivity contribution is -0.140. The third-order valence-electron chi connectivity index (χ3n) is 5.67. The molecule has 1 heterocycles. The molecule has 1 aromatic rings. The van der Waals surface area contributed by atoms with Crippen LogP contribution >= 0.6 is 27.5 Å². The number of rotatable bonds is 4. The Labute approximate surface area is 164 Å². The Kier molecular flexibility index (Phi) is 4.43. The van der Waals surface area contributed by atoms with Crippen molar-refractivity contribution in [3.63, 3.8) is 0 Å². The van der Waals surface area contributed by atoms with Crippen LogP contribution in [0.25, 0.3) is 0 Å². The summed E-state index contributed by atoms with van der Waals surface area (Å²) in [5.41, 5.74) is 1.50. The number of carbonyl (C=O) groups excluding carboxylic acids is 3.